The van der Waals surface area contributed by atoms with Gasteiger partial charge in [0.05, 0.1) is 12.2 Å². The van der Waals surface area contributed by atoms with Crippen LogP contribution in [0.5, 0.6) is 0 Å². The van der Waals surface area contributed by atoms with E-state index in [1.54, 1.807) is 24.5 Å². The minimum atomic E-state index is -1.41. The molecule has 1 rings (SSSR count). The maximum atomic E-state index is 11.5. The lowest BCUT2D eigenvalue weighted by molar-refractivity contribution is -0.147. The number of rotatable bonds is 7. The second-order valence-electron chi connectivity index (χ2n) is 3.53. The van der Waals surface area contributed by atoms with E-state index in [1.165, 1.54) is 11.8 Å². The van der Waals surface area contributed by atoms with Crippen LogP contribution < -0.4 is 5.32 Å². The predicted molar refractivity (Wildman–Crippen MR) is 66.8 cm³/mol. The summed E-state index contributed by atoms with van der Waals surface area (Å²) in [5.74, 6) is -3.18. The summed E-state index contributed by atoms with van der Waals surface area (Å²) in [4.78, 5) is 37.3. The minimum Gasteiger partial charge on any atom is -0.481 e. The smallest absolute Gasteiger partial charge is 0.326 e. The lowest BCUT2D eigenvalue weighted by atomic mass is 10.2. The van der Waals surface area contributed by atoms with Crippen LogP contribution in [0.3, 0.4) is 0 Å². The molecule has 0 aliphatic heterocycles. The summed E-state index contributed by atoms with van der Waals surface area (Å²) in [6.45, 7) is 0. The van der Waals surface area contributed by atoms with Gasteiger partial charge < -0.3 is 15.5 Å². The van der Waals surface area contributed by atoms with E-state index in [9.17, 15) is 14.4 Å². The number of carbonyl (C=O) groups is 3. The average molecular weight is 284 g/mol. The highest BCUT2D eigenvalue weighted by Gasteiger charge is 2.22. The van der Waals surface area contributed by atoms with Crippen LogP contribution >= 0.6 is 11.8 Å². The Morgan fingerprint density at radius 1 is 1.26 bits per heavy atom. The zero-order valence-electron chi connectivity index (χ0n) is 9.78. The number of carbonyl (C=O) groups excluding carboxylic acids is 1. The van der Waals surface area contributed by atoms with Gasteiger partial charge in [0.1, 0.15) is 6.04 Å². The molecule has 102 valence electrons. The third kappa shape index (κ3) is 5.87. The molecule has 0 bridgehead atoms. The van der Waals surface area contributed by atoms with Crippen molar-refractivity contribution < 1.29 is 24.6 Å². The Labute approximate surface area is 113 Å². The Balaban J connectivity index is 2.45. The van der Waals surface area contributed by atoms with E-state index in [4.69, 9.17) is 10.2 Å². The van der Waals surface area contributed by atoms with Gasteiger partial charge in [-0.1, -0.05) is 0 Å². The molecule has 0 aliphatic rings. The normalized spacial score (nSPS) is 11.6. The molecule has 0 spiro atoms. The molecular weight excluding hydrogens is 272 g/mol. The van der Waals surface area contributed by atoms with Crippen LogP contribution in [0, 0.1) is 0 Å². The van der Waals surface area contributed by atoms with Crippen LogP contribution in [0.15, 0.2) is 29.4 Å². The largest absolute Gasteiger partial charge is 0.481 e. The van der Waals surface area contributed by atoms with Crippen molar-refractivity contribution in [1.82, 2.24) is 10.3 Å². The first kappa shape index (κ1) is 15.0. The number of thioether (sulfide) groups is 1. The first-order valence-corrected chi connectivity index (χ1v) is 6.24. The van der Waals surface area contributed by atoms with E-state index >= 15 is 0 Å². The summed E-state index contributed by atoms with van der Waals surface area (Å²) in [6, 6.07) is 2.01. The highest BCUT2D eigenvalue weighted by Crippen LogP contribution is 2.15. The molecule has 0 unspecified atom stereocenters. The van der Waals surface area contributed by atoms with Crippen molar-refractivity contribution in [2.45, 2.75) is 17.4 Å². The second kappa shape index (κ2) is 7.37. The van der Waals surface area contributed by atoms with Gasteiger partial charge in [0, 0.05) is 17.3 Å². The van der Waals surface area contributed by atoms with E-state index in [1.807, 2.05) is 0 Å². The molecule has 1 heterocycles. The van der Waals surface area contributed by atoms with Crippen LogP contribution in [0.1, 0.15) is 6.42 Å². The Hall–Kier alpha value is -2.09. The maximum Gasteiger partial charge on any atom is 0.326 e. The number of carboxylic acids is 2. The molecule has 1 amide bonds. The summed E-state index contributed by atoms with van der Waals surface area (Å²) in [7, 11) is 0. The van der Waals surface area contributed by atoms with Crippen molar-refractivity contribution in [3.8, 4) is 0 Å². The number of hydrogen-bond donors (Lipinski definition) is 3. The zero-order chi connectivity index (χ0) is 14.3. The number of hydrogen-bond acceptors (Lipinski definition) is 5. The summed E-state index contributed by atoms with van der Waals surface area (Å²) in [6.07, 6.45) is 2.50. The third-order valence-electron chi connectivity index (χ3n) is 2.03. The summed E-state index contributed by atoms with van der Waals surface area (Å²) in [5, 5.41) is 19.5. The molecule has 19 heavy (non-hydrogen) atoms. The third-order valence-corrected chi connectivity index (χ3v) is 3.04. The summed E-state index contributed by atoms with van der Waals surface area (Å²) < 4.78 is 0. The topological polar surface area (TPSA) is 117 Å². The fourth-order valence-corrected chi connectivity index (χ4v) is 1.89. The Morgan fingerprint density at radius 2 is 1.89 bits per heavy atom. The van der Waals surface area contributed by atoms with Gasteiger partial charge in [-0.2, -0.15) is 0 Å². The number of carboxylic acid groups (broad SMARTS) is 2. The fourth-order valence-electron chi connectivity index (χ4n) is 1.19. The highest BCUT2D eigenvalue weighted by molar-refractivity contribution is 8.00. The molecule has 0 saturated heterocycles. The van der Waals surface area contributed by atoms with Crippen LogP contribution in [-0.4, -0.2) is 44.8 Å². The number of pyridine rings is 1. The van der Waals surface area contributed by atoms with Crippen LogP contribution in [-0.2, 0) is 14.4 Å². The lowest BCUT2D eigenvalue weighted by Crippen LogP contribution is -2.43. The Morgan fingerprint density at radius 3 is 2.42 bits per heavy atom. The van der Waals surface area contributed by atoms with Gasteiger partial charge in [-0.3, -0.25) is 14.6 Å². The Bertz CT molecular complexity index is 465. The maximum absolute atomic E-state index is 11.5. The molecule has 0 saturated carbocycles. The molecule has 1 aromatic heterocycles. The van der Waals surface area contributed by atoms with Crippen molar-refractivity contribution in [2.75, 3.05) is 5.75 Å². The molecule has 1 aromatic rings. The number of nitrogens with one attached hydrogen (secondary N) is 1. The van der Waals surface area contributed by atoms with Crippen molar-refractivity contribution in [2.24, 2.45) is 0 Å². The molecule has 7 nitrogen and oxygen atoms in total. The monoisotopic (exact) mass is 284 g/mol. The fraction of sp³-hybridized carbons (Fsp3) is 0.273. The van der Waals surface area contributed by atoms with Gasteiger partial charge in [0.25, 0.3) is 0 Å². The summed E-state index contributed by atoms with van der Waals surface area (Å²) >= 11 is 1.21. The first-order valence-electron chi connectivity index (χ1n) is 5.26. The Kier molecular flexibility index (Phi) is 5.80. The molecule has 1 atom stereocenters. The van der Waals surface area contributed by atoms with Gasteiger partial charge >= 0.3 is 11.9 Å². The first-order chi connectivity index (χ1) is 8.99. The van der Waals surface area contributed by atoms with Crippen molar-refractivity contribution >= 4 is 29.6 Å². The van der Waals surface area contributed by atoms with Crippen molar-refractivity contribution in [3.63, 3.8) is 0 Å². The zero-order valence-corrected chi connectivity index (χ0v) is 10.6. The van der Waals surface area contributed by atoms with Crippen LogP contribution in [0.2, 0.25) is 0 Å². The molecule has 0 radical (unpaired) electrons. The number of aromatic nitrogens is 1. The SMILES string of the molecule is O=C(O)C[C@@H](NC(=O)CSc1ccncc1)C(=O)O. The molecule has 3 N–H and O–H groups in total. The van der Waals surface area contributed by atoms with Gasteiger partial charge in [0.2, 0.25) is 5.91 Å². The molecule has 8 heteroatoms. The molecule has 0 aliphatic carbocycles. The lowest BCUT2D eigenvalue weighted by Gasteiger charge is -2.12. The van der Waals surface area contributed by atoms with E-state index in [-0.39, 0.29) is 5.75 Å². The molecule has 0 aromatic carbocycles. The van der Waals surface area contributed by atoms with E-state index in [0.717, 1.165) is 4.90 Å². The van der Waals surface area contributed by atoms with Gasteiger partial charge in [-0.25, -0.2) is 4.79 Å². The quantitative estimate of drug-likeness (QED) is 0.613. The molecule has 0 fully saturated rings. The van der Waals surface area contributed by atoms with Crippen molar-refractivity contribution in [1.29, 1.82) is 0 Å². The number of nitrogens with zero attached hydrogens (tertiary/aromatic N) is 1. The second-order valence-corrected chi connectivity index (χ2v) is 4.58. The van der Waals surface area contributed by atoms with E-state index in [2.05, 4.69) is 10.3 Å². The number of aliphatic carboxylic acids is 2. The average Bonchev–Trinajstić information content (AvgIpc) is 2.36. The molecular formula is C11H12N2O5S. The van der Waals surface area contributed by atoms with Crippen LogP contribution in [0.25, 0.3) is 0 Å². The van der Waals surface area contributed by atoms with E-state index < -0.39 is 30.3 Å². The minimum absolute atomic E-state index is 0.00735. The van der Waals surface area contributed by atoms with Gasteiger partial charge in [-0.05, 0) is 12.1 Å². The van der Waals surface area contributed by atoms with Gasteiger partial charge in [-0.15, -0.1) is 11.8 Å². The summed E-state index contributed by atoms with van der Waals surface area (Å²) in [5.41, 5.74) is 0. The van der Waals surface area contributed by atoms with Crippen LogP contribution in [0.4, 0.5) is 0 Å². The van der Waals surface area contributed by atoms with Gasteiger partial charge in [0.15, 0.2) is 0 Å². The standard InChI is InChI=1S/C11H12N2O5S/c14-9(6-19-7-1-3-12-4-2-7)13-8(11(17)18)5-10(15)16/h1-4,8H,5-6H2,(H,13,14)(H,15,16)(H,17,18)/t8-/m1/s1. The van der Waals surface area contributed by atoms with E-state index in [0.29, 0.717) is 0 Å². The number of amides is 1. The highest BCUT2D eigenvalue weighted by atomic mass is 32.2. The van der Waals surface area contributed by atoms with Crippen molar-refractivity contribution in [3.05, 3.63) is 24.5 Å². The predicted octanol–water partition coefficient (Wildman–Crippen LogP) is 0.218.